The van der Waals surface area contributed by atoms with Crippen LogP contribution in [-0.2, 0) is 4.79 Å². The van der Waals surface area contributed by atoms with Crippen LogP contribution in [0.4, 0.5) is 5.00 Å². The van der Waals surface area contributed by atoms with Crippen LogP contribution < -0.4 is 4.90 Å². The van der Waals surface area contributed by atoms with Crippen LogP contribution in [0.2, 0.25) is 0 Å². The molecule has 16 heavy (non-hydrogen) atoms. The first-order chi connectivity index (χ1) is 7.49. The van der Waals surface area contributed by atoms with Crippen LogP contribution in [0.3, 0.4) is 0 Å². The van der Waals surface area contributed by atoms with E-state index in [1.807, 2.05) is 0 Å². The van der Waals surface area contributed by atoms with Crippen molar-refractivity contribution in [2.75, 3.05) is 11.9 Å². The molecule has 86 valence electrons. The first-order valence-corrected chi connectivity index (χ1v) is 5.36. The number of likely N-dealkylation sites (N-methyl/N-ethyl adjacent to an activating group) is 1. The fourth-order valence-electron chi connectivity index (χ4n) is 1.19. The highest BCUT2D eigenvalue weighted by molar-refractivity contribution is 7.11. The molecular formula is C10H12N2O3S. The van der Waals surface area contributed by atoms with Gasteiger partial charge in [-0.1, -0.05) is 6.08 Å². The van der Waals surface area contributed by atoms with Crippen molar-refractivity contribution in [1.29, 1.82) is 0 Å². The number of hydrogen-bond acceptors (Lipinski definition) is 4. The number of amides is 1. The predicted molar refractivity (Wildman–Crippen MR) is 62.0 cm³/mol. The molecule has 0 fully saturated rings. The Labute approximate surface area is 97.2 Å². The fraction of sp³-hybridized carbons (Fsp3) is 0.300. The zero-order valence-electron chi connectivity index (χ0n) is 9.22. The molecule has 0 saturated carbocycles. The Morgan fingerprint density at radius 2 is 2.12 bits per heavy atom. The van der Waals surface area contributed by atoms with Crippen LogP contribution in [0.1, 0.15) is 23.0 Å². The number of aryl methyl sites for hydroxylation is 1. The number of carbonyl (C=O) groups is 2. The molecule has 0 unspecified atom stereocenters. The van der Waals surface area contributed by atoms with Crippen LogP contribution in [0.25, 0.3) is 0 Å². The number of carboxylic acids is 1. The van der Waals surface area contributed by atoms with Crippen LogP contribution in [0, 0.1) is 6.92 Å². The van der Waals surface area contributed by atoms with Crippen molar-refractivity contribution in [2.45, 2.75) is 13.8 Å². The lowest BCUT2D eigenvalue weighted by Gasteiger charge is -2.13. The van der Waals surface area contributed by atoms with Gasteiger partial charge < -0.3 is 10.0 Å². The minimum atomic E-state index is -1.07. The summed E-state index contributed by atoms with van der Waals surface area (Å²) >= 11 is 1.01. The van der Waals surface area contributed by atoms with Crippen LogP contribution in [-0.4, -0.2) is 28.4 Å². The van der Waals surface area contributed by atoms with Gasteiger partial charge in [0.05, 0.1) is 5.69 Å². The van der Waals surface area contributed by atoms with E-state index in [0.717, 1.165) is 11.5 Å². The maximum absolute atomic E-state index is 11.6. The molecule has 1 amide bonds. The normalized spacial score (nSPS) is 10.7. The molecule has 5 nitrogen and oxygen atoms in total. The SMILES string of the molecule is CC=CC(=O)N(C)c1snc(C)c1C(=O)O. The number of carbonyl (C=O) groups excluding carboxylic acids is 1. The first-order valence-electron chi connectivity index (χ1n) is 4.59. The van der Waals surface area contributed by atoms with Gasteiger partial charge >= 0.3 is 5.97 Å². The second-order valence-corrected chi connectivity index (χ2v) is 3.90. The minimum Gasteiger partial charge on any atom is -0.478 e. The maximum atomic E-state index is 11.6. The molecule has 0 aliphatic carbocycles. The molecule has 0 aliphatic heterocycles. The molecule has 0 bridgehead atoms. The third kappa shape index (κ3) is 2.27. The van der Waals surface area contributed by atoms with Crippen LogP contribution >= 0.6 is 11.5 Å². The van der Waals surface area contributed by atoms with Crippen molar-refractivity contribution in [2.24, 2.45) is 0 Å². The standard InChI is InChI=1S/C10H12N2O3S/c1-4-5-7(13)12(3)9-8(10(14)15)6(2)11-16-9/h4-5H,1-3H3,(H,14,15). The summed E-state index contributed by atoms with van der Waals surface area (Å²) in [7, 11) is 1.53. The van der Waals surface area contributed by atoms with Crippen molar-refractivity contribution in [3.05, 3.63) is 23.4 Å². The Hall–Kier alpha value is -1.69. The Morgan fingerprint density at radius 1 is 1.50 bits per heavy atom. The summed E-state index contributed by atoms with van der Waals surface area (Å²) in [5.74, 6) is -1.34. The van der Waals surface area contributed by atoms with E-state index in [2.05, 4.69) is 4.37 Å². The van der Waals surface area contributed by atoms with Gasteiger partial charge in [0.1, 0.15) is 10.6 Å². The monoisotopic (exact) mass is 240 g/mol. The second-order valence-electron chi connectivity index (χ2n) is 3.15. The summed E-state index contributed by atoms with van der Waals surface area (Å²) in [6.07, 6.45) is 2.98. The highest BCUT2D eigenvalue weighted by Gasteiger charge is 2.22. The fourth-order valence-corrected chi connectivity index (χ4v) is 2.04. The molecule has 0 aromatic carbocycles. The number of aromatic nitrogens is 1. The van der Waals surface area contributed by atoms with E-state index in [4.69, 9.17) is 5.11 Å². The van der Waals surface area contributed by atoms with Gasteiger partial charge in [0.25, 0.3) is 5.91 Å². The average Bonchev–Trinajstić information content (AvgIpc) is 2.59. The van der Waals surface area contributed by atoms with Crippen molar-refractivity contribution in [1.82, 2.24) is 4.37 Å². The minimum absolute atomic E-state index is 0.0883. The number of hydrogen-bond donors (Lipinski definition) is 1. The van der Waals surface area contributed by atoms with Crippen molar-refractivity contribution in [3.63, 3.8) is 0 Å². The Bertz CT molecular complexity index is 451. The van der Waals surface area contributed by atoms with Gasteiger partial charge in [-0.3, -0.25) is 4.79 Å². The zero-order chi connectivity index (χ0) is 12.3. The summed E-state index contributed by atoms with van der Waals surface area (Å²) in [5.41, 5.74) is 0.512. The summed E-state index contributed by atoms with van der Waals surface area (Å²) in [4.78, 5) is 23.8. The number of carboxylic acid groups (broad SMARTS) is 1. The highest BCUT2D eigenvalue weighted by atomic mass is 32.1. The molecule has 1 aromatic heterocycles. The molecule has 1 rings (SSSR count). The molecule has 6 heteroatoms. The number of nitrogens with zero attached hydrogens (tertiary/aromatic N) is 2. The molecular weight excluding hydrogens is 228 g/mol. The second kappa shape index (κ2) is 4.89. The van der Waals surface area contributed by atoms with E-state index < -0.39 is 5.97 Å². The third-order valence-corrected chi connectivity index (χ3v) is 3.02. The molecule has 0 atom stereocenters. The third-order valence-electron chi connectivity index (χ3n) is 2.00. The van der Waals surface area contributed by atoms with E-state index in [1.54, 1.807) is 19.9 Å². The van der Waals surface area contributed by atoms with Crippen molar-refractivity contribution >= 4 is 28.4 Å². The first kappa shape index (κ1) is 12.4. The number of allylic oxidation sites excluding steroid dienone is 1. The van der Waals surface area contributed by atoms with Gasteiger partial charge in [-0.15, -0.1) is 0 Å². The van der Waals surface area contributed by atoms with Gasteiger partial charge in [0, 0.05) is 7.05 Å². The average molecular weight is 240 g/mol. The predicted octanol–water partition coefficient (Wildman–Crippen LogP) is 1.69. The zero-order valence-corrected chi connectivity index (χ0v) is 10.0. The molecule has 0 radical (unpaired) electrons. The Balaban J connectivity index is 3.14. The highest BCUT2D eigenvalue weighted by Crippen LogP contribution is 2.27. The van der Waals surface area contributed by atoms with E-state index in [1.165, 1.54) is 18.0 Å². The van der Waals surface area contributed by atoms with Gasteiger partial charge in [-0.25, -0.2) is 4.79 Å². The van der Waals surface area contributed by atoms with E-state index >= 15 is 0 Å². The molecule has 1 aromatic rings. The number of rotatable bonds is 3. The lowest BCUT2D eigenvalue weighted by atomic mass is 10.2. The largest absolute Gasteiger partial charge is 0.478 e. The number of anilines is 1. The number of aromatic carboxylic acids is 1. The Morgan fingerprint density at radius 3 is 2.62 bits per heavy atom. The molecule has 0 saturated heterocycles. The van der Waals surface area contributed by atoms with Crippen LogP contribution in [0.5, 0.6) is 0 Å². The Kier molecular flexibility index (Phi) is 3.78. The van der Waals surface area contributed by atoms with Gasteiger partial charge in [0.15, 0.2) is 0 Å². The lowest BCUT2D eigenvalue weighted by Crippen LogP contribution is -2.24. The van der Waals surface area contributed by atoms with Gasteiger partial charge in [-0.05, 0) is 31.5 Å². The molecule has 0 spiro atoms. The van der Waals surface area contributed by atoms with Crippen molar-refractivity contribution < 1.29 is 14.7 Å². The maximum Gasteiger partial charge on any atom is 0.340 e. The molecule has 0 aliphatic rings. The quantitative estimate of drug-likeness (QED) is 0.816. The summed E-state index contributed by atoms with van der Waals surface area (Å²) in [6, 6.07) is 0. The van der Waals surface area contributed by atoms with Gasteiger partial charge in [-0.2, -0.15) is 4.37 Å². The van der Waals surface area contributed by atoms with E-state index in [-0.39, 0.29) is 11.5 Å². The topological polar surface area (TPSA) is 70.5 Å². The van der Waals surface area contributed by atoms with Crippen molar-refractivity contribution in [3.8, 4) is 0 Å². The smallest absolute Gasteiger partial charge is 0.340 e. The van der Waals surface area contributed by atoms with E-state index in [9.17, 15) is 9.59 Å². The summed E-state index contributed by atoms with van der Waals surface area (Å²) < 4.78 is 3.94. The summed E-state index contributed by atoms with van der Waals surface area (Å²) in [6.45, 7) is 3.33. The van der Waals surface area contributed by atoms with E-state index in [0.29, 0.717) is 10.7 Å². The molecule has 1 heterocycles. The summed E-state index contributed by atoms with van der Waals surface area (Å²) in [5, 5.41) is 9.36. The molecule has 1 N–H and O–H groups in total. The lowest BCUT2D eigenvalue weighted by molar-refractivity contribution is -0.113. The van der Waals surface area contributed by atoms with Crippen LogP contribution in [0.15, 0.2) is 12.2 Å². The van der Waals surface area contributed by atoms with Gasteiger partial charge in [0.2, 0.25) is 0 Å².